The highest BCUT2D eigenvalue weighted by Crippen LogP contribution is 2.29. The minimum atomic E-state index is -0.611. The molecule has 3 aromatic rings. The molecule has 0 spiro atoms. The molecule has 4 rings (SSSR count). The molecule has 1 aliphatic carbocycles. The molecule has 8 nitrogen and oxygen atoms in total. The van der Waals surface area contributed by atoms with E-state index >= 15 is 0 Å². The SMILES string of the molecule is CCC(NC)C(=O)Nc1ncc(-c2ccc(F)cc2C)n(CC(=O)N[C@@H]2CCCc3ccccc32)c1=O. The molecule has 0 saturated carbocycles. The Morgan fingerprint density at radius 3 is 2.73 bits per heavy atom. The molecule has 1 aromatic heterocycles. The predicted octanol–water partition coefficient (Wildman–Crippen LogP) is 3.49. The average Bonchev–Trinajstić information content (AvgIpc) is 2.88. The van der Waals surface area contributed by atoms with Crippen LogP contribution in [0.3, 0.4) is 0 Å². The largest absolute Gasteiger partial charge is 0.348 e. The molecule has 3 N–H and O–H groups in total. The Hall–Kier alpha value is -3.85. The first-order valence-electron chi connectivity index (χ1n) is 12.5. The summed E-state index contributed by atoms with van der Waals surface area (Å²) in [5.74, 6) is -1.30. The summed E-state index contributed by atoms with van der Waals surface area (Å²) >= 11 is 0. The number of carbonyl (C=O) groups excluding carboxylic acids is 2. The number of benzene rings is 2. The number of carbonyl (C=O) groups is 2. The van der Waals surface area contributed by atoms with Crippen LogP contribution in [-0.2, 0) is 22.6 Å². The number of aromatic nitrogens is 2. The Kier molecular flexibility index (Phi) is 8.13. The van der Waals surface area contributed by atoms with Gasteiger partial charge in [0.25, 0.3) is 5.56 Å². The lowest BCUT2D eigenvalue weighted by atomic mass is 9.88. The fraction of sp³-hybridized carbons (Fsp3) is 0.357. The van der Waals surface area contributed by atoms with Crippen molar-refractivity contribution in [3.05, 3.63) is 81.5 Å². The van der Waals surface area contributed by atoms with Crippen LogP contribution >= 0.6 is 0 Å². The van der Waals surface area contributed by atoms with E-state index in [9.17, 15) is 18.8 Å². The first-order chi connectivity index (χ1) is 17.8. The normalized spacial score (nSPS) is 15.5. The predicted molar refractivity (Wildman–Crippen MR) is 141 cm³/mol. The summed E-state index contributed by atoms with van der Waals surface area (Å²) in [4.78, 5) is 43.6. The minimum absolute atomic E-state index is 0.147. The van der Waals surface area contributed by atoms with Crippen molar-refractivity contribution >= 4 is 17.6 Å². The highest BCUT2D eigenvalue weighted by atomic mass is 19.1. The van der Waals surface area contributed by atoms with Crippen LogP contribution in [0.2, 0.25) is 0 Å². The number of fused-ring (bicyclic) bond motifs is 1. The van der Waals surface area contributed by atoms with Gasteiger partial charge in [0.15, 0.2) is 5.82 Å². The third-order valence-electron chi connectivity index (χ3n) is 6.84. The Labute approximate surface area is 215 Å². The molecular weight excluding hydrogens is 473 g/mol. The summed E-state index contributed by atoms with van der Waals surface area (Å²) in [6, 6.07) is 11.6. The summed E-state index contributed by atoms with van der Waals surface area (Å²) in [7, 11) is 1.66. The van der Waals surface area contributed by atoms with E-state index in [1.54, 1.807) is 20.0 Å². The zero-order valence-electron chi connectivity index (χ0n) is 21.3. The molecule has 1 heterocycles. The van der Waals surface area contributed by atoms with Crippen LogP contribution in [0.5, 0.6) is 0 Å². The van der Waals surface area contributed by atoms with Gasteiger partial charge in [0.1, 0.15) is 12.4 Å². The number of amides is 2. The highest BCUT2D eigenvalue weighted by Gasteiger charge is 2.24. The van der Waals surface area contributed by atoms with Crippen LogP contribution in [0, 0.1) is 12.7 Å². The van der Waals surface area contributed by atoms with Gasteiger partial charge in [-0.25, -0.2) is 9.37 Å². The molecule has 194 valence electrons. The third kappa shape index (κ3) is 5.77. The van der Waals surface area contributed by atoms with Gasteiger partial charge in [-0.15, -0.1) is 0 Å². The standard InChI is InChI=1S/C28H32FN5O3/c1-4-22(30-3)27(36)33-26-28(37)34(24(15-31-26)20-13-12-19(29)14-17(20)2)16-25(35)32-23-11-7-9-18-8-5-6-10-21(18)23/h5-6,8,10,12-15,22-23,30H,4,7,9,11,16H2,1-3H3,(H,32,35)(H,31,33,36)/t22?,23-/m1/s1. The second-order valence-electron chi connectivity index (χ2n) is 9.29. The van der Waals surface area contributed by atoms with E-state index in [4.69, 9.17) is 0 Å². The van der Waals surface area contributed by atoms with Gasteiger partial charge < -0.3 is 16.0 Å². The summed E-state index contributed by atoms with van der Waals surface area (Å²) < 4.78 is 15.1. The first-order valence-corrected chi connectivity index (χ1v) is 12.5. The van der Waals surface area contributed by atoms with E-state index in [0.717, 1.165) is 24.8 Å². The number of rotatable bonds is 8. The number of halogens is 1. The Bertz CT molecular complexity index is 1370. The molecule has 0 radical (unpaired) electrons. The molecule has 0 saturated heterocycles. The molecule has 0 bridgehead atoms. The number of likely N-dealkylation sites (N-methyl/N-ethyl adjacent to an activating group) is 1. The number of hydrogen-bond acceptors (Lipinski definition) is 5. The molecule has 1 aliphatic rings. The van der Waals surface area contributed by atoms with Crippen LogP contribution < -0.4 is 21.5 Å². The zero-order chi connectivity index (χ0) is 26.5. The fourth-order valence-corrected chi connectivity index (χ4v) is 4.87. The van der Waals surface area contributed by atoms with Crippen molar-refractivity contribution in [1.29, 1.82) is 0 Å². The van der Waals surface area contributed by atoms with Crippen LogP contribution in [0.4, 0.5) is 10.2 Å². The minimum Gasteiger partial charge on any atom is -0.348 e. The van der Waals surface area contributed by atoms with Crippen molar-refractivity contribution in [2.45, 2.75) is 58.2 Å². The van der Waals surface area contributed by atoms with E-state index in [1.807, 2.05) is 25.1 Å². The molecule has 0 fully saturated rings. The van der Waals surface area contributed by atoms with Crippen LogP contribution in [0.15, 0.2) is 53.5 Å². The maximum atomic E-state index is 13.8. The van der Waals surface area contributed by atoms with Gasteiger partial charge in [0.2, 0.25) is 11.8 Å². The zero-order valence-corrected chi connectivity index (χ0v) is 21.3. The van der Waals surface area contributed by atoms with Crippen molar-refractivity contribution < 1.29 is 14.0 Å². The van der Waals surface area contributed by atoms with Gasteiger partial charge in [-0.3, -0.25) is 19.0 Å². The van der Waals surface area contributed by atoms with Crippen molar-refractivity contribution in [3.8, 4) is 11.3 Å². The fourth-order valence-electron chi connectivity index (χ4n) is 4.87. The molecule has 1 unspecified atom stereocenters. The second-order valence-corrected chi connectivity index (χ2v) is 9.29. The number of nitrogens with zero attached hydrogens (tertiary/aromatic N) is 2. The van der Waals surface area contributed by atoms with Gasteiger partial charge in [0, 0.05) is 5.56 Å². The second kappa shape index (κ2) is 11.5. The quantitative estimate of drug-likeness (QED) is 0.435. The molecule has 2 atom stereocenters. The Morgan fingerprint density at radius 1 is 1.22 bits per heavy atom. The van der Waals surface area contributed by atoms with Crippen LogP contribution in [-0.4, -0.2) is 34.5 Å². The molecule has 9 heteroatoms. The number of aryl methyl sites for hydroxylation is 2. The summed E-state index contributed by atoms with van der Waals surface area (Å²) in [6.07, 6.45) is 4.68. The van der Waals surface area contributed by atoms with Crippen molar-refractivity contribution in [2.24, 2.45) is 0 Å². The lowest BCUT2D eigenvalue weighted by Gasteiger charge is -2.26. The van der Waals surface area contributed by atoms with Crippen molar-refractivity contribution in [2.75, 3.05) is 12.4 Å². The van der Waals surface area contributed by atoms with Crippen LogP contribution in [0.1, 0.15) is 48.9 Å². The highest BCUT2D eigenvalue weighted by molar-refractivity contribution is 5.94. The van der Waals surface area contributed by atoms with Gasteiger partial charge in [-0.1, -0.05) is 31.2 Å². The van der Waals surface area contributed by atoms with E-state index in [1.165, 1.54) is 28.5 Å². The molecule has 2 amide bonds. The van der Waals surface area contributed by atoms with Crippen LogP contribution in [0.25, 0.3) is 11.3 Å². The van der Waals surface area contributed by atoms with Crippen molar-refractivity contribution in [1.82, 2.24) is 20.2 Å². The van der Waals surface area contributed by atoms with E-state index in [-0.39, 0.29) is 24.3 Å². The summed E-state index contributed by atoms with van der Waals surface area (Å²) in [5, 5.41) is 8.55. The van der Waals surface area contributed by atoms with E-state index in [0.29, 0.717) is 23.2 Å². The van der Waals surface area contributed by atoms with Gasteiger partial charge in [-0.05, 0) is 74.5 Å². The Balaban J connectivity index is 1.68. The first kappa shape index (κ1) is 26.2. The monoisotopic (exact) mass is 505 g/mol. The topological polar surface area (TPSA) is 105 Å². The number of anilines is 1. The maximum absolute atomic E-state index is 13.8. The van der Waals surface area contributed by atoms with Gasteiger partial charge in [0.05, 0.1) is 24.0 Å². The summed E-state index contributed by atoms with van der Waals surface area (Å²) in [6.45, 7) is 3.29. The third-order valence-corrected chi connectivity index (χ3v) is 6.84. The molecule has 2 aromatic carbocycles. The number of hydrogen-bond donors (Lipinski definition) is 3. The van der Waals surface area contributed by atoms with Crippen molar-refractivity contribution in [3.63, 3.8) is 0 Å². The van der Waals surface area contributed by atoms with Gasteiger partial charge in [-0.2, -0.15) is 0 Å². The Morgan fingerprint density at radius 2 is 2.00 bits per heavy atom. The maximum Gasteiger partial charge on any atom is 0.294 e. The lowest BCUT2D eigenvalue weighted by Crippen LogP contribution is -2.41. The van der Waals surface area contributed by atoms with E-state index < -0.39 is 23.3 Å². The molecular formula is C28H32FN5O3. The molecule has 37 heavy (non-hydrogen) atoms. The lowest BCUT2D eigenvalue weighted by molar-refractivity contribution is -0.122. The van der Waals surface area contributed by atoms with Gasteiger partial charge >= 0.3 is 0 Å². The summed E-state index contributed by atoms with van der Waals surface area (Å²) in [5.41, 5.74) is 3.21. The van der Waals surface area contributed by atoms with E-state index in [2.05, 4.69) is 27.0 Å². The smallest absolute Gasteiger partial charge is 0.294 e. The molecule has 0 aliphatic heterocycles. The average molecular weight is 506 g/mol. The number of nitrogens with one attached hydrogen (secondary N) is 3.